The van der Waals surface area contributed by atoms with Crippen LogP contribution in [0.5, 0.6) is 5.75 Å². The number of nitrogens with zero attached hydrogens (tertiary/aromatic N) is 1. The molecule has 1 aromatic rings. The van der Waals surface area contributed by atoms with E-state index in [0.29, 0.717) is 0 Å². The summed E-state index contributed by atoms with van der Waals surface area (Å²) >= 11 is 0. The monoisotopic (exact) mass is 227 g/mol. The molecule has 1 aromatic carbocycles. The number of carbonyl (C=O) groups is 1. The third kappa shape index (κ3) is 1.93. The second-order valence-corrected chi connectivity index (χ2v) is 2.83. The second-order valence-electron chi connectivity index (χ2n) is 2.83. The Kier molecular flexibility index (Phi) is 3.40. The summed E-state index contributed by atoms with van der Waals surface area (Å²) in [4.78, 5) is 11.3. The number of aromatic hydroxyl groups is 1. The van der Waals surface area contributed by atoms with Crippen LogP contribution >= 0.6 is 0 Å². The number of nitriles is 1. The summed E-state index contributed by atoms with van der Waals surface area (Å²) in [6, 6.07) is 3.60. The van der Waals surface area contributed by atoms with Gasteiger partial charge in [-0.2, -0.15) is 5.26 Å². The maximum Gasteiger partial charge on any atom is 0.339 e. The van der Waals surface area contributed by atoms with E-state index in [1.807, 2.05) is 0 Å². The highest BCUT2D eigenvalue weighted by Crippen LogP contribution is 2.33. The van der Waals surface area contributed by atoms with E-state index in [1.165, 1.54) is 0 Å². The van der Waals surface area contributed by atoms with Crippen LogP contribution in [0.15, 0.2) is 12.1 Å². The normalized spacial score (nSPS) is 9.94. The van der Waals surface area contributed by atoms with Crippen LogP contribution in [0.2, 0.25) is 0 Å². The third-order valence-corrected chi connectivity index (χ3v) is 1.95. The highest BCUT2D eigenvalue weighted by atomic mass is 19.3. The van der Waals surface area contributed by atoms with Crippen molar-refractivity contribution in [3.05, 3.63) is 28.8 Å². The molecule has 0 unspecified atom stereocenters. The van der Waals surface area contributed by atoms with Gasteiger partial charge in [0, 0.05) is 0 Å². The standard InChI is InChI=1S/C10H7F2NO3/c1-16-10(15)7-5(4-13)2-3-6(14)8(7)9(11)12/h2-3,9,14H,1H3. The zero-order valence-corrected chi connectivity index (χ0v) is 8.20. The van der Waals surface area contributed by atoms with Gasteiger partial charge in [-0.05, 0) is 12.1 Å². The minimum absolute atomic E-state index is 0.264. The predicted molar refractivity (Wildman–Crippen MR) is 49.1 cm³/mol. The van der Waals surface area contributed by atoms with Crippen LogP contribution in [0, 0.1) is 11.3 Å². The van der Waals surface area contributed by atoms with E-state index < -0.39 is 29.3 Å². The topological polar surface area (TPSA) is 70.3 Å². The molecule has 0 atom stereocenters. The van der Waals surface area contributed by atoms with Crippen LogP contribution in [-0.2, 0) is 4.74 Å². The number of methoxy groups -OCH3 is 1. The first-order valence-corrected chi connectivity index (χ1v) is 4.15. The molecule has 0 aliphatic rings. The zero-order chi connectivity index (χ0) is 12.3. The van der Waals surface area contributed by atoms with Crippen LogP contribution in [0.3, 0.4) is 0 Å². The molecule has 0 aliphatic carbocycles. The molecule has 0 aliphatic heterocycles. The van der Waals surface area contributed by atoms with Gasteiger partial charge in [0.05, 0.1) is 23.8 Å². The molecule has 0 bridgehead atoms. The molecule has 0 spiro atoms. The van der Waals surface area contributed by atoms with Gasteiger partial charge in [-0.15, -0.1) is 0 Å². The molecule has 0 heterocycles. The highest BCUT2D eigenvalue weighted by molar-refractivity contribution is 5.94. The van der Waals surface area contributed by atoms with Crippen molar-refractivity contribution < 1.29 is 23.4 Å². The number of hydrogen-bond acceptors (Lipinski definition) is 4. The van der Waals surface area contributed by atoms with Gasteiger partial charge in [0.1, 0.15) is 11.8 Å². The Bertz CT molecular complexity index is 466. The summed E-state index contributed by atoms with van der Waals surface area (Å²) in [5, 5.41) is 17.9. The number of hydrogen-bond donors (Lipinski definition) is 1. The first-order chi connectivity index (χ1) is 7.52. The van der Waals surface area contributed by atoms with Crippen molar-refractivity contribution in [3.63, 3.8) is 0 Å². The van der Waals surface area contributed by atoms with E-state index in [9.17, 15) is 18.7 Å². The van der Waals surface area contributed by atoms with Crippen molar-refractivity contribution >= 4 is 5.97 Å². The molecule has 0 aromatic heterocycles. The number of phenols is 1. The van der Waals surface area contributed by atoms with Crippen LogP contribution < -0.4 is 0 Å². The molecule has 1 rings (SSSR count). The van der Waals surface area contributed by atoms with Crippen LogP contribution in [-0.4, -0.2) is 18.2 Å². The first-order valence-electron chi connectivity index (χ1n) is 4.15. The van der Waals surface area contributed by atoms with E-state index in [1.54, 1.807) is 6.07 Å². The lowest BCUT2D eigenvalue weighted by Gasteiger charge is -2.10. The van der Waals surface area contributed by atoms with E-state index in [2.05, 4.69) is 4.74 Å². The molecule has 0 radical (unpaired) electrons. The number of carbonyl (C=O) groups excluding carboxylic acids is 1. The maximum absolute atomic E-state index is 12.6. The number of phenolic OH excluding ortho intramolecular Hbond substituents is 1. The van der Waals surface area contributed by atoms with E-state index >= 15 is 0 Å². The molecule has 16 heavy (non-hydrogen) atoms. The fourth-order valence-corrected chi connectivity index (χ4v) is 1.24. The van der Waals surface area contributed by atoms with Crippen molar-refractivity contribution in [3.8, 4) is 11.8 Å². The molecule has 0 fully saturated rings. The molecule has 6 heteroatoms. The average molecular weight is 227 g/mol. The van der Waals surface area contributed by atoms with E-state index in [-0.39, 0.29) is 5.56 Å². The van der Waals surface area contributed by atoms with Gasteiger partial charge in [-0.3, -0.25) is 0 Å². The molecular weight excluding hydrogens is 220 g/mol. The third-order valence-electron chi connectivity index (χ3n) is 1.95. The molecule has 84 valence electrons. The van der Waals surface area contributed by atoms with Gasteiger partial charge in [0.25, 0.3) is 6.43 Å². The molecule has 4 nitrogen and oxygen atoms in total. The number of esters is 1. The summed E-state index contributed by atoms with van der Waals surface area (Å²) in [5.41, 5.74) is -1.74. The Morgan fingerprint density at radius 1 is 1.56 bits per heavy atom. The van der Waals surface area contributed by atoms with Crippen LogP contribution in [0.25, 0.3) is 0 Å². The summed E-state index contributed by atoms with van der Waals surface area (Å²) in [6.07, 6.45) is -3.07. The SMILES string of the molecule is COC(=O)c1c(C#N)ccc(O)c1C(F)F. The second kappa shape index (κ2) is 4.57. The molecule has 1 N–H and O–H groups in total. The summed E-state index contributed by atoms with van der Waals surface area (Å²) < 4.78 is 29.5. The van der Waals surface area contributed by atoms with Crippen molar-refractivity contribution in [1.29, 1.82) is 5.26 Å². The Balaban J connectivity index is 3.57. The van der Waals surface area contributed by atoms with Gasteiger partial charge in [-0.25, -0.2) is 13.6 Å². The lowest BCUT2D eigenvalue weighted by molar-refractivity contribution is 0.0587. The minimum atomic E-state index is -3.07. The number of ether oxygens (including phenoxy) is 1. The number of alkyl halides is 2. The van der Waals surface area contributed by atoms with E-state index in [0.717, 1.165) is 19.2 Å². The van der Waals surface area contributed by atoms with Gasteiger partial charge in [-0.1, -0.05) is 0 Å². The van der Waals surface area contributed by atoms with Crippen molar-refractivity contribution in [2.75, 3.05) is 7.11 Å². The van der Waals surface area contributed by atoms with Crippen molar-refractivity contribution in [2.45, 2.75) is 6.43 Å². The van der Waals surface area contributed by atoms with Crippen molar-refractivity contribution in [2.24, 2.45) is 0 Å². The minimum Gasteiger partial charge on any atom is -0.507 e. The lowest BCUT2D eigenvalue weighted by atomic mass is 10.0. The van der Waals surface area contributed by atoms with Gasteiger partial charge >= 0.3 is 5.97 Å². The first kappa shape index (κ1) is 11.9. The summed E-state index contributed by atoms with van der Waals surface area (Å²) in [7, 11) is 1.00. The zero-order valence-electron chi connectivity index (χ0n) is 8.20. The fourth-order valence-electron chi connectivity index (χ4n) is 1.24. The van der Waals surface area contributed by atoms with E-state index in [4.69, 9.17) is 5.26 Å². The fraction of sp³-hybridized carbons (Fsp3) is 0.200. The summed E-state index contributed by atoms with van der Waals surface area (Å²) in [5.74, 6) is -1.82. The number of benzene rings is 1. The van der Waals surface area contributed by atoms with Gasteiger partial charge in [0.15, 0.2) is 0 Å². The largest absolute Gasteiger partial charge is 0.507 e. The average Bonchev–Trinajstić information content (AvgIpc) is 2.27. The Labute approximate surface area is 89.7 Å². The smallest absolute Gasteiger partial charge is 0.339 e. The highest BCUT2D eigenvalue weighted by Gasteiger charge is 2.26. The Morgan fingerprint density at radius 2 is 2.19 bits per heavy atom. The predicted octanol–water partition coefficient (Wildman–Crippen LogP) is 1.99. The molecule has 0 amide bonds. The van der Waals surface area contributed by atoms with Gasteiger partial charge in [0.2, 0.25) is 0 Å². The summed E-state index contributed by atoms with van der Waals surface area (Å²) in [6.45, 7) is 0. The molecule has 0 saturated carbocycles. The number of rotatable bonds is 2. The Hall–Kier alpha value is -2.16. The van der Waals surface area contributed by atoms with Crippen LogP contribution in [0.4, 0.5) is 8.78 Å². The quantitative estimate of drug-likeness (QED) is 0.784. The van der Waals surface area contributed by atoms with Gasteiger partial charge < -0.3 is 9.84 Å². The van der Waals surface area contributed by atoms with Crippen molar-refractivity contribution in [1.82, 2.24) is 0 Å². The molecular formula is C10H7F2NO3. The lowest BCUT2D eigenvalue weighted by Crippen LogP contribution is -2.09. The Morgan fingerprint density at radius 3 is 2.62 bits per heavy atom. The molecule has 0 saturated heterocycles. The number of halogens is 2. The van der Waals surface area contributed by atoms with Crippen LogP contribution in [0.1, 0.15) is 27.9 Å². The maximum atomic E-state index is 12.6.